The average Bonchev–Trinajstić information content (AvgIpc) is 2.52. The van der Waals surface area contributed by atoms with Crippen LogP contribution in [0.3, 0.4) is 0 Å². The van der Waals surface area contributed by atoms with E-state index in [1.807, 2.05) is 6.92 Å². The molecule has 0 fully saturated rings. The van der Waals surface area contributed by atoms with Crippen LogP contribution < -0.4 is 15.7 Å². The molecule has 0 saturated heterocycles. The quantitative estimate of drug-likeness (QED) is 0.597. The van der Waals surface area contributed by atoms with Gasteiger partial charge in [-0.25, -0.2) is 10.4 Å². The van der Waals surface area contributed by atoms with Crippen LogP contribution in [-0.2, 0) is 0 Å². The number of ether oxygens (including phenoxy) is 1. The predicted molar refractivity (Wildman–Crippen MR) is 97.8 cm³/mol. The molecule has 6 nitrogen and oxygen atoms in total. The van der Waals surface area contributed by atoms with Gasteiger partial charge in [-0.05, 0) is 38.0 Å². The van der Waals surface area contributed by atoms with Crippen molar-refractivity contribution < 1.29 is 4.74 Å². The van der Waals surface area contributed by atoms with E-state index in [1.165, 1.54) is 6.21 Å². The molecule has 0 aliphatic carbocycles. The molecule has 8 heteroatoms. The van der Waals surface area contributed by atoms with E-state index in [1.54, 1.807) is 26.0 Å². The third-order valence-corrected chi connectivity index (χ3v) is 3.81. The lowest BCUT2D eigenvalue weighted by Crippen LogP contribution is -2.15. The van der Waals surface area contributed by atoms with Gasteiger partial charge in [-0.3, -0.25) is 9.78 Å². The molecule has 2 rings (SSSR count). The van der Waals surface area contributed by atoms with Crippen LogP contribution in [0.15, 0.2) is 22.0 Å². The third-order valence-electron chi connectivity index (χ3n) is 3.25. The highest BCUT2D eigenvalue weighted by Crippen LogP contribution is 2.33. The first-order valence-corrected chi connectivity index (χ1v) is 8.16. The minimum Gasteiger partial charge on any atom is -0.490 e. The molecule has 0 aliphatic heterocycles. The number of hydrogen-bond donors (Lipinski definition) is 2. The molecule has 0 spiro atoms. The molecule has 1 aromatic carbocycles. The largest absolute Gasteiger partial charge is 0.490 e. The van der Waals surface area contributed by atoms with Crippen molar-refractivity contribution >= 4 is 35.4 Å². The van der Waals surface area contributed by atoms with Gasteiger partial charge in [-0.2, -0.15) is 5.10 Å². The fourth-order valence-corrected chi connectivity index (χ4v) is 2.48. The Labute approximate surface area is 149 Å². The Morgan fingerprint density at radius 3 is 2.58 bits per heavy atom. The van der Waals surface area contributed by atoms with Crippen LogP contribution in [0.25, 0.3) is 0 Å². The maximum atomic E-state index is 11.7. The summed E-state index contributed by atoms with van der Waals surface area (Å²) in [5.41, 5.74) is 4.37. The monoisotopic (exact) mass is 368 g/mol. The zero-order chi connectivity index (χ0) is 17.7. The van der Waals surface area contributed by atoms with Gasteiger partial charge in [0.25, 0.3) is 5.56 Å². The SMILES string of the molecule is CCCOc1c(Cl)cc(/C=N\Nc2nc(C)c(C)c(=O)[nH]2)cc1Cl. The highest BCUT2D eigenvalue weighted by atomic mass is 35.5. The number of H-pyrrole nitrogens is 1. The number of hydrogen-bond acceptors (Lipinski definition) is 5. The molecule has 0 amide bonds. The summed E-state index contributed by atoms with van der Waals surface area (Å²) >= 11 is 12.3. The second kappa shape index (κ2) is 8.17. The van der Waals surface area contributed by atoms with Crippen molar-refractivity contribution in [2.75, 3.05) is 12.0 Å². The van der Waals surface area contributed by atoms with Gasteiger partial charge in [0.15, 0.2) is 5.75 Å². The van der Waals surface area contributed by atoms with E-state index in [4.69, 9.17) is 27.9 Å². The van der Waals surface area contributed by atoms with E-state index in [0.29, 0.717) is 39.2 Å². The second-order valence-corrected chi connectivity index (χ2v) is 5.97. The van der Waals surface area contributed by atoms with Crippen LogP contribution in [-0.4, -0.2) is 22.8 Å². The van der Waals surface area contributed by atoms with E-state index in [0.717, 1.165) is 6.42 Å². The molecule has 2 aromatic rings. The molecule has 0 atom stereocenters. The van der Waals surface area contributed by atoms with Gasteiger partial charge in [-0.15, -0.1) is 0 Å². The standard InChI is InChI=1S/C16H18Cl2N4O2/c1-4-5-24-14-12(17)6-11(7-13(14)18)8-19-22-16-20-10(3)9(2)15(23)21-16/h6-8H,4-5H2,1-3H3,(H2,20,21,22,23)/b19-8-. The Kier molecular flexibility index (Phi) is 6.23. The summed E-state index contributed by atoms with van der Waals surface area (Å²) < 4.78 is 5.51. The van der Waals surface area contributed by atoms with Crippen LogP contribution in [0.1, 0.15) is 30.2 Å². The van der Waals surface area contributed by atoms with Crippen LogP contribution in [0, 0.1) is 13.8 Å². The molecular formula is C16H18Cl2N4O2. The first kappa shape index (κ1) is 18.3. The fraction of sp³-hybridized carbons (Fsp3) is 0.312. The fourth-order valence-electron chi connectivity index (χ4n) is 1.86. The molecule has 0 radical (unpaired) electrons. The number of nitrogens with zero attached hydrogens (tertiary/aromatic N) is 2. The number of aromatic amines is 1. The maximum absolute atomic E-state index is 11.7. The smallest absolute Gasteiger partial charge is 0.255 e. The van der Waals surface area contributed by atoms with Crippen molar-refractivity contribution in [3.63, 3.8) is 0 Å². The zero-order valence-corrected chi connectivity index (χ0v) is 15.1. The minimum atomic E-state index is -0.205. The topological polar surface area (TPSA) is 79.4 Å². The molecule has 0 saturated carbocycles. The van der Waals surface area contributed by atoms with Crippen molar-refractivity contribution in [1.29, 1.82) is 0 Å². The number of aryl methyl sites for hydroxylation is 1. The van der Waals surface area contributed by atoms with Crippen molar-refractivity contribution in [3.05, 3.63) is 49.4 Å². The highest BCUT2D eigenvalue weighted by Gasteiger charge is 2.09. The predicted octanol–water partition coefficient (Wildman–Crippen LogP) is 3.93. The Morgan fingerprint density at radius 2 is 2.00 bits per heavy atom. The van der Waals surface area contributed by atoms with Gasteiger partial charge in [0.1, 0.15) is 0 Å². The van der Waals surface area contributed by atoms with Crippen molar-refractivity contribution in [1.82, 2.24) is 9.97 Å². The number of anilines is 1. The van der Waals surface area contributed by atoms with E-state index in [2.05, 4.69) is 20.5 Å². The third kappa shape index (κ3) is 4.49. The molecule has 0 unspecified atom stereocenters. The second-order valence-electron chi connectivity index (χ2n) is 5.16. The van der Waals surface area contributed by atoms with Crippen LogP contribution >= 0.6 is 23.2 Å². The molecule has 1 heterocycles. The average molecular weight is 369 g/mol. The van der Waals surface area contributed by atoms with Crippen LogP contribution in [0.2, 0.25) is 10.0 Å². The molecule has 0 bridgehead atoms. The summed E-state index contributed by atoms with van der Waals surface area (Å²) in [4.78, 5) is 18.5. The van der Waals surface area contributed by atoms with Crippen LogP contribution in [0.5, 0.6) is 5.75 Å². The lowest BCUT2D eigenvalue weighted by molar-refractivity contribution is 0.318. The Morgan fingerprint density at radius 1 is 1.33 bits per heavy atom. The summed E-state index contributed by atoms with van der Waals surface area (Å²) in [5.74, 6) is 0.727. The summed E-state index contributed by atoms with van der Waals surface area (Å²) in [6, 6.07) is 3.39. The lowest BCUT2D eigenvalue weighted by Gasteiger charge is -2.09. The van der Waals surface area contributed by atoms with Gasteiger partial charge in [0, 0.05) is 11.3 Å². The number of benzene rings is 1. The maximum Gasteiger partial charge on any atom is 0.255 e. The number of aromatic nitrogens is 2. The highest BCUT2D eigenvalue weighted by molar-refractivity contribution is 6.37. The molecule has 24 heavy (non-hydrogen) atoms. The van der Waals surface area contributed by atoms with Crippen LogP contribution in [0.4, 0.5) is 5.95 Å². The van der Waals surface area contributed by atoms with Crippen molar-refractivity contribution in [2.45, 2.75) is 27.2 Å². The van der Waals surface area contributed by atoms with E-state index in [-0.39, 0.29) is 11.5 Å². The number of rotatable bonds is 6. The first-order chi connectivity index (χ1) is 11.4. The summed E-state index contributed by atoms with van der Waals surface area (Å²) in [5, 5.41) is 4.86. The van der Waals surface area contributed by atoms with Gasteiger partial charge < -0.3 is 4.74 Å². The molecule has 2 N–H and O–H groups in total. The zero-order valence-electron chi connectivity index (χ0n) is 13.6. The molecule has 0 aliphatic rings. The minimum absolute atomic E-state index is 0.205. The number of halogens is 2. The van der Waals surface area contributed by atoms with Crippen molar-refractivity contribution in [3.8, 4) is 5.75 Å². The Hall–Kier alpha value is -2.05. The van der Waals surface area contributed by atoms with E-state index >= 15 is 0 Å². The van der Waals surface area contributed by atoms with E-state index in [9.17, 15) is 4.79 Å². The molecular weight excluding hydrogens is 351 g/mol. The number of nitrogens with one attached hydrogen (secondary N) is 2. The molecule has 128 valence electrons. The summed E-state index contributed by atoms with van der Waals surface area (Å²) in [6.45, 7) is 6.01. The van der Waals surface area contributed by atoms with Gasteiger partial charge in [0.05, 0.1) is 22.9 Å². The Balaban J connectivity index is 2.13. The number of hydrazone groups is 1. The lowest BCUT2D eigenvalue weighted by atomic mass is 10.2. The molecule has 1 aromatic heterocycles. The summed E-state index contributed by atoms with van der Waals surface area (Å²) in [6.07, 6.45) is 2.39. The van der Waals surface area contributed by atoms with E-state index < -0.39 is 0 Å². The van der Waals surface area contributed by atoms with Crippen molar-refractivity contribution in [2.24, 2.45) is 5.10 Å². The first-order valence-electron chi connectivity index (χ1n) is 7.40. The van der Waals surface area contributed by atoms with Gasteiger partial charge in [0.2, 0.25) is 5.95 Å². The summed E-state index contributed by atoms with van der Waals surface area (Å²) in [7, 11) is 0. The Bertz CT molecular complexity index is 795. The van der Waals surface area contributed by atoms with Gasteiger partial charge in [-0.1, -0.05) is 30.1 Å². The van der Waals surface area contributed by atoms with Gasteiger partial charge >= 0.3 is 0 Å². The normalized spacial score (nSPS) is 11.0.